The molecule has 2 bridgehead atoms. The van der Waals surface area contributed by atoms with Crippen LogP contribution in [0.4, 0.5) is 0 Å². The number of benzene rings is 1. The van der Waals surface area contributed by atoms with Crippen LogP contribution in [0.2, 0.25) is 0 Å². The minimum Gasteiger partial charge on any atom is -0.497 e. The molecule has 4 atom stereocenters. The number of nitrogens with one attached hydrogen (secondary N) is 1. The lowest BCUT2D eigenvalue weighted by atomic mass is 9.88. The third-order valence-electron chi connectivity index (χ3n) is 4.97. The van der Waals surface area contributed by atoms with Gasteiger partial charge in [-0.3, -0.25) is 0 Å². The minimum absolute atomic E-state index is 0.398. The van der Waals surface area contributed by atoms with Crippen molar-refractivity contribution in [2.24, 2.45) is 11.8 Å². The summed E-state index contributed by atoms with van der Waals surface area (Å²) in [5.41, 5.74) is 1.34. The molecule has 3 nitrogen and oxygen atoms in total. The maximum atomic E-state index is 5.96. The first-order valence-electron chi connectivity index (χ1n) is 8.20. The lowest BCUT2D eigenvalue weighted by Gasteiger charge is -2.27. The Balaban J connectivity index is 1.61. The second-order valence-electron chi connectivity index (χ2n) is 6.77. The summed E-state index contributed by atoms with van der Waals surface area (Å²) in [5.74, 6) is 2.18. The van der Waals surface area contributed by atoms with Crippen molar-refractivity contribution in [2.75, 3.05) is 13.7 Å². The van der Waals surface area contributed by atoms with E-state index in [4.69, 9.17) is 9.47 Å². The van der Waals surface area contributed by atoms with Crippen LogP contribution in [0, 0.1) is 11.8 Å². The third kappa shape index (κ3) is 3.24. The Hall–Kier alpha value is -1.06. The van der Waals surface area contributed by atoms with Crippen molar-refractivity contribution in [1.29, 1.82) is 0 Å². The Morgan fingerprint density at radius 1 is 1.24 bits per heavy atom. The highest BCUT2D eigenvalue weighted by Crippen LogP contribution is 2.38. The quantitative estimate of drug-likeness (QED) is 0.868. The van der Waals surface area contributed by atoms with Crippen LogP contribution in [0.25, 0.3) is 0 Å². The van der Waals surface area contributed by atoms with Gasteiger partial charge in [-0.25, -0.2) is 0 Å². The molecular formula is C18H27NO2. The van der Waals surface area contributed by atoms with Gasteiger partial charge in [0.2, 0.25) is 0 Å². The van der Waals surface area contributed by atoms with Gasteiger partial charge >= 0.3 is 0 Å². The predicted molar refractivity (Wildman–Crippen MR) is 84.6 cm³/mol. The van der Waals surface area contributed by atoms with Crippen LogP contribution in [0.1, 0.15) is 44.7 Å². The molecule has 3 rings (SSSR count). The molecule has 1 N–H and O–H groups in total. The zero-order valence-electron chi connectivity index (χ0n) is 13.3. The number of methoxy groups -OCH3 is 1. The average Bonchev–Trinajstić information content (AvgIpc) is 3.10. The Labute approximate surface area is 128 Å². The normalized spacial score (nSPS) is 29.0. The highest BCUT2D eigenvalue weighted by molar-refractivity contribution is 5.29. The minimum atomic E-state index is 0.398. The third-order valence-corrected chi connectivity index (χ3v) is 4.97. The van der Waals surface area contributed by atoms with Crippen LogP contribution in [-0.4, -0.2) is 25.9 Å². The van der Waals surface area contributed by atoms with Gasteiger partial charge in [-0.2, -0.15) is 0 Å². The summed E-state index contributed by atoms with van der Waals surface area (Å²) in [6, 6.07) is 8.84. The van der Waals surface area contributed by atoms with Crippen molar-refractivity contribution < 1.29 is 9.47 Å². The second-order valence-corrected chi connectivity index (χ2v) is 6.77. The molecule has 2 saturated heterocycles. The molecule has 1 aromatic carbocycles. The first-order valence-corrected chi connectivity index (χ1v) is 8.20. The van der Waals surface area contributed by atoms with Gasteiger partial charge < -0.3 is 14.8 Å². The van der Waals surface area contributed by atoms with Crippen LogP contribution in [0.15, 0.2) is 24.3 Å². The summed E-state index contributed by atoms with van der Waals surface area (Å²) in [4.78, 5) is 0. The van der Waals surface area contributed by atoms with E-state index >= 15 is 0 Å². The molecule has 0 radical (unpaired) electrons. The molecule has 21 heavy (non-hydrogen) atoms. The average molecular weight is 289 g/mol. The van der Waals surface area contributed by atoms with E-state index in [-0.39, 0.29) is 0 Å². The molecule has 116 valence electrons. The highest BCUT2D eigenvalue weighted by atomic mass is 16.5. The second kappa shape index (κ2) is 6.37. The molecule has 0 spiro atoms. The van der Waals surface area contributed by atoms with Gasteiger partial charge in [0.25, 0.3) is 0 Å². The lowest BCUT2D eigenvalue weighted by Crippen LogP contribution is -2.34. The zero-order valence-corrected chi connectivity index (χ0v) is 13.3. The fourth-order valence-corrected chi connectivity index (χ4v) is 3.79. The summed E-state index contributed by atoms with van der Waals surface area (Å²) in [6.45, 7) is 5.62. The molecule has 2 aliphatic heterocycles. The van der Waals surface area contributed by atoms with Crippen molar-refractivity contribution in [3.8, 4) is 5.75 Å². The van der Waals surface area contributed by atoms with Crippen molar-refractivity contribution in [1.82, 2.24) is 5.32 Å². The monoisotopic (exact) mass is 289 g/mol. The maximum absolute atomic E-state index is 5.96. The van der Waals surface area contributed by atoms with Crippen molar-refractivity contribution in [3.05, 3.63) is 29.8 Å². The predicted octanol–water partition coefficient (Wildman–Crippen LogP) is 3.55. The van der Waals surface area contributed by atoms with E-state index in [0.29, 0.717) is 30.1 Å². The molecule has 0 amide bonds. The summed E-state index contributed by atoms with van der Waals surface area (Å²) in [6.07, 6.45) is 4.82. The molecule has 0 unspecified atom stereocenters. The molecular weight excluding hydrogens is 262 g/mol. The number of hydrogen-bond donors (Lipinski definition) is 1. The molecule has 1 aromatic rings. The first-order chi connectivity index (χ1) is 10.2. The smallest absolute Gasteiger partial charge is 0.118 e. The van der Waals surface area contributed by atoms with Gasteiger partial charge in [0.1, 0.15) is 5.75 Å². The summed E-state index contributed by atoms with van der Waals surface area (Å²) >= 11 is 0. The van der Waals surface area contributed by atoms with Gasteiger partial charge in [-0.15, -0.1) is 0 Å². The zero-order chi connectivity index (χ0) is 14.8. The van der Waals surface area contributed by atoms with E-state index < -0.39 is 0 Å². The Morgan fingerprint density at radius 2 is 2.00 bits per heavy atom. The van der Waals surface area contributed by atoms with E-state index in [2.05, 4.69) is 31.3 Å². The van der Waals surface area contributed by atoms with Gasteiger partial charge in [-0.1, -0.05) is 26.0 Å². The standard InChI is InChI=1S/C18H27NO2/c1-12(2)18(13-4-6-15(20-3)7-5-13)19-11-14-10-16-8-9-17(14)21-16/h4-7,12,14,16-19H,8-11H2,1-3H3/t14-,16-,17-,18-/m1/s1. The van der Waals surface area contributed by atoms with Crippen molar-refractivity contribution in [3.63, 3.8) is 0 Å². The Morgan fingerprint density at radius 3 is 2.52 bits per heavy atom. The highest BCUT2D eigenvalue weighted by Gasteiger charge is 2.40. The number of ether oxygens (including phenoxy) is 2. The van der Waals surface area contributed by atoms with Gasteiger partial charge in [0, 0.05) is 18.5 Å². The molecule has 0 saturated carbocycles. The molecule has 3 heteroatoms. The van der Waals surface area contributed by atoms with Gasteiger partial charge in [0.05, 0.1) is 19.3 Å². The summed E-state index contributed by atoms with van der Waals surface area (Å²) in [7, 11) is 1.71. The van der Waals surface area contributed by atoms with Crippen LogP contribution < -0.4 is 10.1 Å². The molecule has 2 heterocycles. The maximum Gasteiger partial charge on any atom is 0.118 e. The van der Waals surface area contributed by atoms with Crippen LogP contribution in [0.5, 0.6) is 5.75 Å². The van der Waals surface area contributed by atoms with E-state index in [0.717, 1.165) is 12.3 Å². The van der Waals surface area contributed by atoms with Gasteiger partial charge in [-0.05, 0) is 42.9 Å². The van der Waals surface area contributed by atoms with Crippen molar-refractivity contribution in [2.45, 2.75) is 51.4 Å². The van der Waals surface area contributed by atoms with Crippen molar-refractivity contribution >= 4 is 0 Å². The number of hydrogen-bond acceptors (Lipinski definition) is 3. The number of fused-ring (bicyclic) bond motifs is 2. The summed E-state index contributed by atoms with van der Waals surface area (Å²) < 4.78 is 11.2. The van der Waals surface area contributed by atoms with Gasteiger partial charge in [0.15, 0.2) is 0 Å². The van der Waals surface area contributed by atoms with E-state index in [9.17, 15) is 0 Å². The molecule has 0 aliphatic carbocycles. The largest absolute Gasteiger partial charge is 0.497 e. The van der Waals surface area contributed by atoms with E-state index in [1.165, 1.54) is 24.8 Å². The summed E-state index contributed by atoms with van der Waals surface area (Å²) in [5, 5.41) is 3.78. The van der Waals surface area contributed by atoms with Crippen LogP contribution in [0.3, 0.4) is 0 Å². The molecule has 0 aromatic heterocycles. The SMILES string of the molecule is COc1ccc([C@H](NC[C@H]2C[C@H]3CC[C@H]2O3)C(C)C)cc1. The fourth-order valence-electron chi connectivity index (χ4n) is 3.79. The van der Waals surface area contributed by atoms with Crippen LogP contribution >= 0.6 is 0 Å². The Kier molecular flexibility index (Phi) is 4.51. The lowest BCUT2D eigenvalue weighted by molar-refractivity contribution is 0.0916. The topological polar surface area (TPSA) is 30.5 Å². The molecule has 2 aliphatic rings. The molecule has 2 fully saturated rings. The van der Waals surface area contributed by atoms with E-state index in [1.807, 2.05) is 12.1 Å². The first kappa shape index (κ1) is 14.9. The number of rotatable bonds is 6. The van der Waals surface area contributed by atoms with E-state index in [1.54, 1.807) is 7.11 Å². The van der Waals surface area contributed by atoms with Crippen LogP contribution in [-0.2, 0) is 4.74 Å². The Bertz CT molecular complexity index is 457. The fraction of sp³-hybridized carbons (Fsp3) is 0.667.